The van der Waals surface area contributed by atoms with Crippen molar-refractivity contribution >= 4 is 16.9 Å². The van der Waals surface area contributed by atoms with Crippen LogP contribution in [0.1, 0.15) is 17.3 Å². The van der Waals surface area contributed by atoms with Crippen LogP contribution in [0.2, 0.25) is 0 Å². The summed E-state index contributed by atoms with van der Waals surface area (Å²) in [4.78, 5) is 15.8. The molecule has 4 rings (SSSR count). The zero-order valence-electron chi connectivity index (χ0n) is 13.4. The maximum absolute atomic E-state index is 11.4. The van der Waals surface area contributed by atoms with Crippen LogP contribution < -0.4 is 0 Å². The molecule has 118 valence electrons. The molecule has 0 saturated carbocycles. The lowest BCUT2D eigenvalue weighted by Gasteiger charge is -1.99. The third-order valence-corrected chi connectivity index (χ3v) is 4.00. The third-order valence-electron chi connectivity index (χ3n) is 4.00. The quantitative estimate of drug-likeness (QED) is 0.534. The summed E-state index contributed by atoms with van der Waals surface area (Å²) in [5.74, 6) is 0.774. The Bertz CT molecular complexity index is 1040. The summed E-state index contributed by atoms with van der Waals surface area (Å²) < 4.78 is 7.82. The van der Waals surface area contributed by atoms with E-state index < -0.39 is 0 Å². The highest BCUT2D eigenvalue weighted by atomic mass is 16.3. The van der Waals surface area contributed by atoms with Gasteiger partial charge in [-0.25, -0.2) is 0 Å². The largest absolute Gasteiger partial charge is 0.454 e. The first kappa shape index (κ1) is 14.4. The molecule has 0 radical (unpaired) electrons. The van der Waals surface area contributed by atoms with Gasteiger partial charge < -0.3 is 4.42 Å². The van der Waals surface area contributed by atoms with Crippen molar-refractivity contribution < 1.29 is 9.21 Å². The first-order valence-corrected chi connectivity index (χ1v) is 7.61. The van der Waals surface area contributed by atoms with Crippen molar-refractivity contribution in [3.63, 3.8) is 0 Å². The predicted octanol–water partition coefficient (Wildman–Crippen LogP) is 4.10. The SMILES string of the molecule is CC(=O)c1ccc(-c2cc3nccc(-c4cnn(C)c4)c3o2)cc1. The van der Waals surface area contributed by atoms with Crippen LogP contribution in [0.5, 0.6) is 0 Å². The van der Waals surface area contributed by atoms with Crippen molar-refractivity contribution in [1.82, 2.24) is 14.8 Å². The Morgan fingerprint density at radius 3 is 2.58 bits per heavy atom. The first-order chi connectivity index (χ1) is 11.6. The Kier molecular flexibility index (Phi) is 3.27. The average Bonchev–Trinajstić information content (AvgIpc) is 3.20. The van der Waals surface area contributed by atoms with E-state index in [1.54, 1.807) is 36.1 Å². The van der Waals surface area contributed by atoms with Gasteiger partial charge in [0.2, 0.25) is 0 Å². The van der Waals surface area contributed by atoms with Gasteiger partial charge in [-0.3, -0.25) is 14.5 Å². The molecule has 0 saturated heterocycles. The Hall–Kier alpha value is -3.21. The van der Waals surface area contributed by atoms with Gasteiger partial charge in [0, 0.05) is 47.8 Å². The number of hydrogen-bond donors (Lipinski definition) is 0. The van der Waals surface area contributed by atoms with Crippen molar-refractivity contribution in [2.24, 2.45) is 7.05 Å². The molecule has 3 aromatic heterocycles. The minimum atomic E-state index is 0.0479. The molecule has 24 heavy (non-hydrogen) atoms. The normalized spacial score (nSPS) is 11.1. The van der Waals surface area contributed by atoms with Gasteiger partial charge >= 0.3 is 0 Å². The van der Waals surface area contributed by atoms with Gasteiger partial charge in [0.25, 0.3) is 0 Å². The summed E-state index contributed by atoms with van der Waals surface area (Å²) in [6.45, 7) is 1.56. The number of rotatable bonds is 3. The molecule has 1 aromatic carbocycles. The van der Waals surface area contributed by atoms with Crippen LogP contribution in [-0.2, 0) is 7.05 Å². The number of Topliss-reactive ketones (excluding diaryl/α,β-unsaturated/α-hetero) is 1. The Balaban J connectivity index is 1.82. The second-order valence-electron chi connectivity index (χ2n) is 5.72. The average molecular weight is 317 g/mol. The molecule has 0 aliphatic heterocycles. The molecule has 0 N–H and O–H groups in total. The highest BCUT2D eigenvalue weighted by Gasteiger charge is 2.13. The molecule has 0 fully saturated rings. The number of ketones is 1. The van der Waals surface area contributed by atoms with Crippen LogP contribution in [0.4, 0.5) is 0 Å². The number of carbonyl (C=O) groups is 1. The molecular formula is C19H15N3O2. The summed E-state index contributed by atoms with van der Waals surface area (Å²) in [6, 6.07) is 11.2. The summed E-state index contributed by atoms with van der Waals surface area (Å²) >= 11 is 0. The highest BCUT2D eigenvalue weighted by molar-refractivity contribution is 5.95. The number of hydrogen-bond acceptors (Lipinski definition) is 4. The molecule has 0 aliphatic carbocycles. The zero-order chi connectivity index (χ0) is 16.7. The molecule has 0 atom stereocenters. The van der Waals surface area contributed by atoms with E-state index in [1.807, 2.05) is 37.5 Å². The molecule has 0 spiro atoms. The Morgan fingerprint density at radius 1 is 1.12 bits per heavy atom. The molecule has 5 nitrogen and oxygen atoms in total. The van der Waals surface area contributed by atoms with E-state index in [1.165, 1.54) is 0 Å². The molecule has 0 bridgehead atoms. The number of furan rings is 1. The predicted molar refractivity (Wildman–Crippen MR) is 91.7 cm³/mol. The minimum absolute atomic E-state index is 0.0479. The molecule has 0 unspecified atom stereocenters. The maximum Gasteiger partial charge on any atom is 0.161 e. The lowest BCUT2D eigenvalue weighted by molar-refractivity contribution is 0.101. The van der Waals surface area contributed by atoms with E-state index in [4.69, 9.17) is 4.42 Å². The first-order valence-electron chi connectivity index (χ1n) is 7.61. The van der Waals surface area contributed by atoms with E-state index in [0.29, 0.717) is 5.56 Å². The topological polar surface area (TPSA) is 60.9 Å². The van der Waals surface area contributed by atoms with Gasteiger partial charge in [0.15, 0.2) is 11.4 Å². The monoisotopic (exact) mass is 317 g/mol. The van der Waals surface area contributed by atoms with Gasteiger partial charge in [-0.15, -0.1) is 0 Å². The van der Waals surface area contributed by atoms with Crippen LogP contribution in [0, 0.1) is 0 Å². The molecular weight excluding hydrogens is 302 g/mol. The summed E-state index contributed by atoms with van der Waals surface area (Å²) in [6.07, 6.45) is 5.51. The highest BCUT2D eigenvalue weighted by Crippen LogP contribution is 2.33. The molecule has 3 heterocycles. The second-order valence-corrected chi connectivity index (χ2v) is 5.72. The number of nitrogens with zero attached hydrogens (tertiary/aromatic N) is 3. The van der Waals surface area contributed by atoms with Crippen LogP contribution in [0.3, 0.4) is 0 Å². The van der Waals surface area contributed by atoms with Crippen molar-refractivity contribution in [2.45, 2.75) is 6.92 Å². The summed E-state index contributed by atoms with van der Waals surface area (Å²) in [5, 5.41) is 4.21. The van der Waals surface area contributed by atoms with Crippen LogP contribution in [0.25, 0.3) is 33.6 Å². The van der Waals surface area contributed by atoms with Crippen molar-refractivity contribution in [3.05, 3.63) is 60.6 Å². The summed E-state index contributed by atoms with van der Waals surface area (Å²) in [5.41, 5.74) is 5.06. The Labute approximate surface area is 138 Å². The van der Waals surface area contributed by atoms with Gasteiger partial charge in [0.1, 0.15) is 11.3 Å². The minimum Gasteiger partial charge on any atom is -0.454 e. The van der Waals surface area contributed by atoms with E-state index in [-0.39, 0.29) is 5.78 Å². The van der Waals surface area contributed by atoms with E-state index in [9.17, 15) is 4.79 Å². The second kappa shape index (κ2) is 5.45. The fourth-order valence-electron chi connectivity index (χ4n) is 2.74. The fourth-order valence-corrected chi connectivity index (χ4v) is 2.74. The van der Waals surface area contributed by atoms with Crippen molar-refractivity contribution in [2.75, 3.05) is 0 Å². The van der Waals surface area contributed by atoms with Crippen molar-refractivity contribution in [3.8, 4) is 22.5 Å². The lowest BCUT2D eigenvalue weighted by Crippen LogP contribution is -1.90. The standard InChI is InChI=1S/C19H15N3O2/c1-12(23)13-3-5-14(6-4-13)18-9-17-19(24-18)16(7-8-20-17)15-10-21-22(2)11-15/h3-11H,1-2H3. The molecule has 0 amide bonds. The number of fused-ring (bicyclic) bond motifs is 1. The molecule has 5 heteroatoms. The number of aromatic nitrogens is 3. The molecule has 4 aromatic rings. The number of aryl methyl sites for hydroxylation is 1. The Morgan fingerprint density at radius 2 is 1.92 bits per heavy atom. The summed E-state index contributed by atoms with van der Waals surface area (Å²) in [7, 11) is 1.88. The van der Waals surface area contributed by atoms with Gasteiger partial charge in [-0.05, 0) is 13.0 Å². The third kappa shape index (κ3) is 2.40. The lowest BCUT2D eigenvalue weighted by atomic mass is 10.1. The fraction of sp³-hybridized carbons (Fsp3) is 0.105. The van der Waals surface area contributed by atoms with Gasteiger partial charge in [0.05, 0.1) is 6.20 Å². The van der Waals surface area contributed by atoms with Crippen LogP contribution >= 0.6 is 0 Å². The van der Waals surface area contributed by atoms with E-state index >= 15 is 0 Å². The van der Waals surface area contributed by atoms with E-state index in [0.717, 1.165) is 33.6 Å². The van der Waals surface area contributed by atoms with Crippen molar-refractivity contribution in [1.29, 1.82) is 0 Å². The molecule has 0 aliphatic rings. The number of benzene rings is 1. The van der Waals surface area contributed by atoms with E-state index in [2.05, 4.69) is 10.1 Å². The van der Waals surface area contributed by atoms with Gasteiger partial charge in [-0.1, -0.05) is 24.3 Å². The number of pyridine rings is 1. The van der Waals surface area contributed by atoms with Crippen LogP contribution in [-0.4, -0.2) is 20.5 Å². The zero-order valence-corrected chi connectivity index (χ0v) is 13.4. The smallest absolute Gasteiger partial charge is 0.161 e. The number of carbonyl (C=O) groups excluding carboxylic acids is 1. The van der Waals surface area contributed by atoms with Crippen LogP contribution in [0.15, 0.2) is 59.4 Å². The maximum atomic E-state index is 11.4. The van der Waals surface area contributed by atoms with Gasteiger partial charge in [-0.2, -0.15) is 5.10 Å².